The van der Waals surface area contributed by atoms with Crippen LogP contribution in [-0.2, 0) is 6.54 Å². The van der Waals surface area contributed by atoms with Crippen LogP contribution in [0.4, 0.5) is 0 Å². The van der Waals surface area contributed by atoms with Crippen molar-refractivity contribution < 1.29 is 19.3 Å². The van der Waals surface area contributed by atoms with Crippen molar-refractivity contribution in [2.75, 3.05) is 33.2 Å². The monoisotopic (exact) mass is 340 g/mol. The summed E-state index contributed by atoms with van der Waals surface area (Å²) in [5.74, 6) is 0.224. The molecule has 0 radical (unpaired) electrons. The van der Waals surface area contributed by atoms with Gasteiger partial charge in [0.15, 0.2) is 5.58 Å². The molecule has 1 aliphatic rings. The summed E-state index contributed by atoms with van der Waals surface area (Å²) in [6.07, 6.45) is 0. The van der Waals surface area contributed by atoms with Gasteiger partial charge in [-0.2, -0.15) is 0 Å². The summed E-state index contributed by atoms with van der Waals surface area (Å²) in [6.45, 7) is 6.97. The minimum atomic E-state index is -0.341. The van der Waals surface area contributed by atoms with E-state index in [-0.39, 0.29) is 11.4 Å². The number of hydrogen-bond acceptors (Lipinski definition) is 3. The van der Waals surface area contributed by atoms with Crippen LogP contribution in [0.15, 0.2) is 39.5 Å². The number of phenols is 1. The Morgan fingerprint density at radius 3 is 2.52 bits per heavy atom. The smallest absolute Gasteiger partial charge is 0.344 e. The molecule has 0 unspecified atom stereocenters. The van der Waals surface area contributed by atoms with Crippen LogP contribution in [0, 0.1) is 6.92 Å². The van der Waals surface area contributed by atoms with Gasteiger partial charge in [-0.05, 0) is 24.6 Å². The summed E-state index contributed by atoms with van der Waals surface area (Å²) < 4.78 is 5.70. The summed E-state index contributed by atoms with van der Waals surface area (Å²) in [5.41, 5.74) is 1.87. The molecule has 2 aromatic carbocycles. The summed E-state index contributed by atoms with van der Waals surface area (Å²) in [5, 5.41) is 13.0. The largest absolute Gasteiger partial charge is 0.507 e. The molecule has 5 nitrogen and oxygen atoms in total. The third-order valence-corrected chi connectivity index (χ3v) is 5.41. The highest BCUT2D eigenvalue weighted by Gasteiger charge is 2.24. The summed E-state index contributed by atoms with van der Waals surface area (Å²) in [6, 6.07) is 9.32. The first kappa shape index (κ1) is 16.1. The average molecular weight is 340 g/mol. The van der Waals surface area contributed by atoms with Gasteiger partial charge in [0.1, 0.15) is 38.5 Å². The van der Waals surface area contributed by atoms with E-state index >= 15 is 0 Å². The summed E-state index contributed by atoms with van der Waals surface area (Å²) in [7, 11) is 2.21. The molecule has 0 aliphatic carbocycles. The lowest BCUT2D eigenvalue weighted by molar-refractivity contribution is -1.01. The minimum Gasteiger partial charge on any atom is -0.507 e. The number of aryl methyl sites for hydroxylation is 1. The molecule has 2 heterocycles. The molecule has 1 fully saturated rings. The van der Waals surface area contributed by atoms with Crippen molar-refractivity contribution in [1.29, 1.82) is 0 Å². The molecule has 0 amide bonds. The van der Waals surface area contributed by atoms with Crippen LogP contribution in [0.5, 0.6) is 5.75 Å². The number of likely N-dealkylation sites (N-methyl/N-ethyl adjacent to an activating group) is 1. The van der Waals surface area contributed by atoms with Gasteiger partial charge in [0.05, 0.1) is 18.0 Å². The highest BCUT2D eigenvalue weighted by atomic mass is 16.4. The molecule has 1 aromatic heterocycles. The Morgan fingerprint density at radius 1 is 1.12 bits per heavy atom. The SMILES string of the molecule is Cc1cc(O)c(C[NH+]2CC[NH+](C)CC2)c2oc(=O)c3ccccc3c12. The number of fused-ring (bicyclic) bond motifs is 3. The number of aromatic hydroxyl groups is 1. The van der Waals surface area contributed by atoms with E-state index in [4.69, 9.17) is 4.42 Å². The van der Waals surface area contributed by atoms with Crippen molar-refractivity contribution in [1.82, 2.24) is 0 Å². The van der Waals surface area contributed by atoms with Gasteiger partial charge in [-0.15, -0.1) is 0 Å². The lowest BCUT2D eigenvalue weighted by Crippen LogP contribution is -3.26. The topological polar surface area (TPSA) is 59.3 Å². The fraction of sp³-hybridized carbons (Fsp3) is 0.350. The van der Waals surface area contributed by atoms with Crippen molar-refractivity contribution in [3.05, 3.63) is 51.9 Å². The Labute approximate surface area is 146 Å². The number of hydrogen-bond donors (Lipinski definition) is 3. The zero-order valence-electron chi connectivity index (χ0n) is 14.7. The van der Waals surface area contributed by atoms with E-state index in [1.165, 1.54) is 4.90 Å². The molecule has 25 heavy (non-hydrogen) atoms. The lowest BCUT2D eigenvalue weighted by atomic mass is 9.99. The molecule has 1 aliphatic heterocycles. The molecule has 1 saturated heterocycles. The number of benzene rings is 2. The van der Waals surface area contributed by atoms with E-state index in [9.17, 15) is 9.90 Å². The summed E-state index contributed by atoms with van der Waals surface area (Å²) >= 11 is 0. The predicted molar refractivity (Wildman–Crippen MR) is 97.4 cm³/mol. The molecular weight excluding hydrogens is 316 g/mol. The molecule has 130 valence electrons. The maximum absolute atomic E-state index is 12.4. The molecule has 3 N–H and O–H groups in total. The molecule has 0 saturated carbocycles. The van der Waals surface area contributed by atoms with Crippen LogP contribution in [0.1, 0.15) is 11.1 Å². The Balaban J connectivity index is 1.91. The Hall–Kier alpha value is -2.37. The highest BCUT2D eigenvalue weighted by Crippen LogP contribution is 2.33. The average Bonchev–Trinajstić information content (AvgIpc) is 2.60. The van der Waals surface area contributed by atoms with Gasteiger partial charge in [-0.3, -0.25) is 0 Å². The van der Waals surface area contributed by atoms with Gasteiger partial charge in [0.25, 0.3) is 0 Å². The zero-order chi connectivity index (χ0) is 17.6. The molecule has 5 heteroatoms. The van der Waals surface area contributed by atoms with Crippen LogP contribution in [0.25, 0.3) is 21.7 Å². The van der Waals surface area contributed by atoms with Crippen LogP contribution < -0.4 is 15.4 Å². The first-order valence-electron chi connectivity index (χ1n) is 8.86. The second-order valence-corrected chi connectivity index (χ2v) is 7.21. The van der Waals surface area contributed by atoms with Gasteiger partial charge >= 0.3 is 5.63 Å². The van der Waals surface area contributed by atoms with Gasteiger partial charge in [-0.25, -0.2) is 4.79 Å². The Bertz CT molecular complexity index is 1000. The maximum atomic E-state index is 12.4. The fourth-order valence-corrected chi connectivity index (χ4v) is 3.91. The van der Waals surface area contributed by atoms with Crippen molar-refractivity contribution >= 4 is 21.7 Å². The van der Waals surface area contributed by atoms with Crippen molar-refractivity contribution in [2.24, 2.45) is 0 Å². The molecule has 0 spiro atoms. The normalized spacial score (nSPS) is 21.0. The fourth-order valence-electron chi connectivity index (χ4n) is 3.91. The first-order chi connectivity index (χ1) is 12.0. The Kier molecular flexibility index (Phi) is 3.98. The van der Waals surface area contributed by atoms with Gasteiger partial charge in [0, 0.05) is 10.8 Å². The van der Waals surface area contributed by atoms with Crippen molar-refractivity contribution in [3.8, 4) is 5.75 Å². The van der Waals surface area contributed by atoms with E-state index < -0.39 is 0 Å². The van der Waals surface area contributed by atoms with E-state index in [2.05, 4.69) is 7.05 Å². The van der Waals surface area contributed by atoms with Crippen molar-refractivity contribution in [2.45, 2.75) is 13.5 Å². The van der Waals surface area contributed by atoms with Crippen LogP contribution in [-0.4, -0.2) is 38.3 Å². The Morgan fingerprint density at radius 2 is 1.80 bits per heavy atom. The predicted octanol–water partition coefficient (Wildman–Crippen LogP) is -0.127. The van der Waals surface area contributed by atoms with Gasteiger partial charge in [-0.1, -0.05) is 18.2 Å². The molecule has 4 rings (SSSR count). The van der Waals surface area contributed by atoms with Crippen molar-refractivity contribution in [3.63, 3.8) is 0 Å². The maximum Gasteiger partial charge on any atom is 0.344 e. The van der Waals surface area contributed by atoms with Gasteiger partial charge < -0.3 is 19.3 Å². The standard InChI is InChI=1S/C20H22N2O3/c1-13-11-17(23)16(12-22-9-7-21(2)8-10-22)19-18(13)14-5-3-4-6-15(14)20(24)25-19/h3-6,11,23H,7-10,12H2,1-2H3/p+2. The van der Waals surface area contributed by atoms with Crippen LogP contribution in [0.2, 0.25) is 0 Å². The lowest BCUT2D eigenvalue weighted by Gasteiger charge is -2.27. The number of phenolic OH excluding ortho intramolecular Hbond substituents is 1. The number of nitrogens with one attached hydrogen (secondary N) is 2. The molecular formula is C20H24N2O3+2. The number of quaternary nitrogens is 2. The van der Waals surface area contributed by atoms with Crippen LogP contribution >= 0.6 is 0 Å². The third-order valence-electron chi connectivity index (χ3n) is 5.41. The van der Waals surface area contributed by atoms with E-state index in [1.807, 2.05) is 25.1 Å². The summed E-state index contributed by atoms with van der Waals surface area (Å²) in [4.78, 5) is 15.4. The first-order valence-corrected chi connectivity index (χ1v) is 8.86. The number of rotatable bonds is 2. The second-order valence-electron chi connectivity index (χ2n) is 7.21. The van der Waals surface area contributed by atoms with E-state index in [0.717, 1.165) is 48.1 Å². The molecule has 3 aromatic rings. The van der Waals surface area contributed by atoms with Crippen LogP contribution in [0.3, 0.4) is 0 Å². The second kappa shape index (κ2) is 6.17. The number of piperazine rings is 1. The van der Waals surface area contributed by atoms with E-state index in [0.29, 0.717) is 17.5 Å². The minimum absolute atomic E-state index is 0.224. The molecule has 0 atom stereocenters. The highest BCUT2D eigenvalue weighted by molar-refractivity contribution is 6.07. The third kappa shape index (κ3) is 2.79. The zero-order valence-corrected chi connectivity index (χ0v) is 14.7. The quantitative estimate of drug-likeness (QED) is 0.450. The van der Waals surface area contributed by atoms with E-state index in [1.54, 1.807) is 17.0 Å². The molecule has 0 bridgehead atoms. The van der Waals surface area contributed by atoms with Gasteiger partial charge in [0.2, 0.25) is 0 Å².